The number of ether oxygens (including phenoxy) is 4. The highest BCUT2D eigenvalue weighted by atomic mass is 16.5. The summed E-state index contributed by atoms with van der Waals surface area (Å²) in [7, 11) is 4.25. The van der Waals surface area contributed by atoms with Crippen LogP contribution in [0, 0.1) is 6.92 Å². The second-order valence-electron chi connectivity index (χ2n) is 5.70. The number of hydrogen-bond acceptors (Lipinski definition) is 7. The topological polar surface area (TPSA) is 100 Å². The van der Waals surface area contributed by atoms with Crippen molar-refractivity contribution in [2.75, 3.05) is 33.3 Å². The Hall–Kier alpha value is -3.55. The van der Waals surface area contributed by atoms with Gasteiger partial charge in [0, 0.05) is 11.3 Å². The van der Waals surface area contributed by atoms with Gasteiger partial charge < -0.3 is 24.3 Å². The zero-order valence-corrected chi connectivity index (χ0v) is 16.0. The Labute approximate surface area is 162 Å². The van der Waals surface area contributed by atoms with E-state index in [2.05, 4.69) is 10.1 Å². The van der Waals surface area contributed by atoms with E-state index in [4.69, 9.17) is 14.2 Å². The minimum atomic E-state index is -0.687. The van der Waals surface area contributed by atoms with Crippen molar-refractivity contribution in [3.8, 4) is 11.5 Å². The molecule has 0 spiro atoms. The van der Waals surface area contributed by atoms with Crippen molar-refractivity contribution in [2.45, 2.75) is 6.92 Å². The van der Waals surface area contributed by atoms with E-state index < -0.39 is 24.5 Å². The highest BCUT2D eigenvalue weighted by molar-refractivity contribution is 5.96. The summed E-state index contributed by atoms with van der Waals surface area (Å²) in [6.45, 7) is 1.32. The molecule has 1 amide bonds. The molecule has 2 aromatic carbocycles. The van der Waals surface area contributed by atoms with Gasteiger partial charge in [0.1, 0.15) is 11.5 Å². The molecule has 8 heteroatoms. The zero-order valence-electron chi connectivity index (χ0n) is 16.0. The van der Waals surface area contributed by atoms with E-state index in [0.717, 1.165) is 5.56 Å². The van der Waals surface area contributed by atoms with Crippen molar-refractivity contribution in [3.05, 3.63) is 53.1 Å². The van der Waals surface area contributed by atoms with Crippen LogP contribution in [-0.2, 0) is 14.3 Å². The predicted molar refractivity (Wildman–Crippen MR) is 101 cm³/mol. The van der Waals surface area contributed by atoms with Crippen molar-refractivity contribution in [1.82, 2.24) is 0 Å². The van der Waals surface area contributed by atoms with Gasteiger partial charge in [-0.25, -0.2) is 9.59 Å². The number of methoxy groups -OCH3 is 3. The molecule has 0 aliphatic heterocycles. The van der Waals surface area contributed by atoms with E-state index in [0.29, 0.717) is 22.7 Å². The molecule has 0 aromatic heterocycles. The van der Waals surface area contributed by atoms with Gasteiger partial charge in [-0.2, -0.15) is 0 Å². The summed E-state index contributed by atoms with van der Waals surface area (Å²) < 4.78 is 20.1. The molecule has 0 aliphatic carbocycles. The molecule has 0 saturated carbocycles. The van der Waals surface area contributed by atoms with Crippen LogP contribution in [0.3, 0.4) is 0 Å². The lowest BCUT2D eigenvalue weighted by atomic mass is 10.1. The summed E-state index contributed by atoms with van der Waals surface area (Å²) in [5, 5.41) is 2.57. The monoisotopic (exact) mass is 387 g/mol. The lowest BCUT2D eigenvalue weighted by Gasteiger charge is -2.12. The second kappa shape index (κ2) is 9.40. The van der Waals surface area contributed by atoms with Crippen LogP contribution in [0.2, 0.25) is 0 Å². The van der Waals surface area contributed by atoms with Crippen LogP contribution in [-0.4, -0.2) is 45.8 Å². The van der Waals surface area contributed by atoms with Gasteiger partial charge in [-0.05, 0) is 43.3 Å². The first-order valence-electron chi connectivity index (χ1n) is 8.27. The fourth-order valence-electron chi connectivity index (χ4n) is 2.42. The third-order valence-corrected chi connectivity index (χ3v) is 3.91. The maximum Gasteiger partial charge on any atom is 0.338 e. The van der Waals surface area contributed by atoms with E-state index in [1.54, 1.807) is 19.1 Å². The Bertz CT molecular complexity index is 850. The van der Waals surface area contributed by atoms with Gasteiger partial charge in [0.2, 0.25) is 0 Å². The standard InChI is InChI=1S/C20H21NO7/c1-12-16(25-2)9-14(10-17(12)26-3)20(24)28-11-18(22)21-15-7-5-13(6-8-15)19(23)27-4/h5-10H,11H2,1-4H3,(H,21,22). The third-order valence-electron chi connectivity index (χ3n) is 3.91. The number of anilines is 1. The molecular weight excluding hydrogens is 366 g/mol. The first kappa shape index (κ1) is 20.8. The number of nitrogens with one attached hydrogen (secondary N) is 1. The molecule has 0 saturated heterocycles. The van der Waals surface area contributed by atoms with Gasteiger partial charge in [-0.3, -0.25) is 4.79 Å². The lowest BCUT2D eigenvalue weighted by Crippen LogP contribution is -2.21. The van der Waals surface area contributed by atoms with Crippen LogP contribution in [0.4, 0.5) is 5.69 Å². The molecule has 1 N–H and O–H groups in total. The van der Waals surface area contributed by atoms with Crippen LogP contribution in [0.25, 0.3) is 0 Å². The summed E-state index contributed by atoms with van der Waals surface area (Å²) in [6.07, 6.45) is 0. The highest BCUT2D eigenvalue weighted by Gasteiger charge is 2.16. The zero-order chi connectivity index (χ0) is 20.7. The molecule has 0 fully saturated rings. The number of carbonyl (C=O) groups is 3. The minimum absolute atomic E-state index is 0.203. The van der Waals surface area contributed by atoms with Gasteiger partial charge in [-0.1, -0.05) is 0 Å². The summed E-state index contributed by atoms with van der Waals surface area (Å²) in [5.74, 6) is -0.739. The van der Waals surface area contributed by atoms with Crippen LogP contribution in [0.5, 0.6) is 11.5 Å². The van der Waals surface area contributed by atoms with Gasteiger partial charge in [0.15, 0.2) is 6.61 Å². The number of carbonyl (C=O) groups excluding carboxylic acids is 3. The van der Waals surface area contributed by atoms with E-state index in [1.165, 1.54) is 45.6 Å². The van der Waals surface area contributed by atoms with E-state index >= 15 is 0 Å². The number of amides is 1. The number of rotatable bonds is 7. The molecule has 0 unspecified atom stereocenters. The number of benzene rings is 2. The summed E-state index contributed by atoms with van der Waals surface area (Å²) in [4.78, 5) is 35.6. The Morgan fingerprint density at radius 2 is 1.43 bits per heavy atom. The molecule has 0 atom stereocenters. The van der Waals surface area contributed by atoms with Crippen molar-refractivity contribution in [1.29, 1.82) is 0 Å². The molecule has 2 rings (SSSR count). The van der Waals surface area contributed by atoms with Crippen LogP contribution in [0.1, 0.15) is 26.3 Å². The smallest absolute Gasteiger partial charge is 0.338 e. The predicted octanol–water partition coefficient (Wildman–Crippen LogP) is 2.59. The molecular formula is C20H21NO7. The van der Waals surface area contributed by atoms with Crippen LogP contribution >= 0.6 is 0 Å². The summed E-state index contributed by atoms with van der Waals surface area (Å²) in [6, 6.07) is 9.15. The minimum Gasteiger partial charge on any atom is -0.496 e. The maximum atomic E-state index is 12.2. The molecule has 148 valence electrons. The highest BCUT2D eigenvalue weighted by Crippen LogP contribution is 2.29. The molecule has 28 heavy (non-hydrogen) atoms. The summed E-state index contributed by atoms with van der Waals surface area (Å²) in [5.41, 5.74) is 1.76. The van der Waals surface area contributed by atoms with E-state index in [1.807, 2.05) is 0 Å². The molecule has 0 bridgehead atoms. The Kier molecular flexibility index (Phi) is 6.97. The van der Waals surface area contributed by atoms with Crippen molar-refractivity contribution >= 4 is 23.5 Å². The fraction of sp³-hybridized carbons (Fsp3) is 0.250. The Morgan fingerprint density at radius 1 is 0.857 bits per heavy atom. The number of hydrogen-bond donors (Lipinski definition) is 1. The Balaban J connectivity index is 1.97. The fourth-order valence-corrected chi connectivity index (χ4v) is 2.42. The van der Waals surface area contributed by atoms with Crippen molar-refractivity contribution in [3.63, 3.8) is 0 Å². The van der Waals surface area contributed by atoms with E-state index in [-0.39, 0.29) is 5.56 Å². The van der Waals surface area contributed by atoms with E-state index in [9.17, 15) is 14.4 Å². The third kappa shape index (κ3) is 5.00. The normalized spacial score (nSPS) is 10.0. The van der Waals surface area contributed by atoms with Gasteiger partial charge in [0.05, 0.1) is 32.5 Å². The summed E-state index contributed by atoms with van der Waals surface area (Å²) >= 11 is 0. The SMILES string of the molecule is COC(=O)c1ccc(NC(=O)COC(=O)c2cc(OC)c(C)c(OC)c2)cc1. The molecule has 0 aliphatic rings. The first-order chi connectivity index (χ1) is 13.4. The molecule has 8 nitrogen and oxygen atoms in total. The largest absolute Gasteiger partial charge is 0.496 e. The second-order valence-corrected chi connectivity index (χ2v) is 5.70. The molecule has 0 radical (unpaired) electrons. The average Bonchev–Trinajstić information content (AvgIpc) is 2.72. The van der Waals surface area contributed by atoms with Crippen molar-refractivity contribution < 1.29 is 33.3 Å². The number of esters is 2. The quantitative estimate of drug-likeness (QED) is 0.729. The molecule has 0 heterocycles. The average molecular weight is 387 g/mol. The van der Waals surface area contributed by atoms with Gasteiger partial charge >= 0.3 is 11.9 Å². The lowest BCUT2D eigenvalue weighted by molar-refractivity contribution is -0.119. The van der Waals surface area contributed by atoms with Crippen LogP contribution in [0.15, 0.2) is 36.4 Å². The first-order valence-corrected chi connectivity index (χ1v) is 8.27. The Morgan fingerprint density at radius 3 is 1.93 bits per heavy atom. The van der Waals surface area contributed by atoms with Crippen molar-refractivity contribution in [2.24, 2.45) is 0 Å². The van der Waals surface area contributed by atoms with Crippen LogP contribution < -0.4 is 14.8 Å². The van der Waals surface area contributed by atoms with Gasteiger partial charge in [0.25, 0.3) is 5.91 Å². The molecule has 2 aromatic rings. The maximum absolute atomic E-state index is 12.2. The van der Waals surface area contributed by atoms with Gasteiger partial charge in [-0.15, -0.1) is 0 Å².